The van der Waals surface area contributed by atoms with Gasteiger partial charge in [0.15, 0.2) is 0 Å². The highest BCUT2D eigenvalue weighted by Crippen LogP contribution is 2.59. The Bertz CT molecular complexity index is 1040. The number of carbonyl (C=O) groups excluding carboxylic acids is 4. The molecule has 0 spiro atoms. The summed E-state index contributed by atoms with van der Waals surface area (Å²) in [7, 11) is 1.76. The minimum Gasteiger partial charge on any atom is -0.384 e. The van der Waals surface area contributed by atoms with Crippen LogP contribution in [0.1, 0.15) is 135 Å². The first-order chi connectivity index (χ1) is 20.6. The van der Waals surface area contributed by atoms with Crippen molar-refractivity contribution in [2.24, 2.45) is 63.1 Å². The fourth-order valence-corrected chi connectivity index (χ4v) is 8.90. The molecule has 7 atom stereocenters. The molecule has 4 fully saturated rings. The number of allylic oxidation sites excluding steroid dienone is 3. The minimum atomic E-state index is 0.250. The highest BCUT2D eigenvalue weighted by atomic mass is 16.5. The molecule has 0 N–H and O–H groups in total. The van der Waals surface area contributed by atoms with E-state index in [0.29, 0.717) is 40.2 Å². The summed E-state index contributed by atoms with van der Waals surface area (Å²) in [6, 6.07) is 0. The SMILES string of the molecule is C=C1C[C@@H](COC)C1(C)C.CC1=CC[C@@H]2C[C@H]1C2(C)C.CC[C@@H]1C[C@H](C(C)=O)C1(C)C.CC[C@@H]1C[C@H](C(C)=O)C1(C)C.O=C=O. The molecule has 0 aromatic rings. The summed E-state index contributed by atoms with van der Waals surface area (Å²) in [5.41, 5.74) is 4.54. The second kappa shape index (κ2) is 16.3. The maximum absolute atomic E-state index is 11.1. The van der Waals surface area contributed by atoms with Crippen molar-refractivity contribution in [3.63, 3.8) is 0 Å². The van der Waals surface area contributed by atoms with E-state index >= 15 is 0 Å². The first kappa shape index (κ1) is 41.2. The number of Topliss-reactive ketones (excluding diaryl/α,β-unsaturated/α-hetero) is 2. The molecule has 0 saturated heterocycles. The number of hydrogen-bond donors (Lipinski definition) is 0. The van der Waals surface area contributed by atoms with Crippen LogP contribution in [0.3, 0.4) is 0 Å². The van der Waals surface area contributed by atoms with Gasteiger partial charge in [0.2, 0.25) is 0 Å². The fourth-order valence-electron chi connectivity index (χ4n) is 8.90. The monoisotopic (exact) mass is 629 g/mol. The molecule has 6 aliphatic rings. The summed E-state index contributed by atoms with van der Waals surface area (Å²) in [6.45, 7) is 33.2. The molecule has 0 aromatic heterocycles. The lowest BCUT2D eigenvalue weighted by Crippen LogP contribution is -2.47. The third-order valence-corrected chi connectivity index (χ3v) is 13.4. The second-order valence-corrected chi connectivity index (χ2v) is 16.9. The topological polar surface area (TPSA) is 77.5 Å². The molecule has 0 aromatic carbocycles. The van der Waals surface area contributed by atoms with E-state index in [1.54, 1.807) is 26.5 Å². The van der Waals surface area contributed by atoms with E-state index in [-0.39, 0.29) is 17.0 Å². The Kier molecular flexibility index (Phi) is 14.9. The summed E-state index contributed by atoms with van der Waals surface area (Å²) in [5.74, 6) is 5.60. The Balaban J connectivity index is 0.000000291. The van der Waals surface area contributed by atoms with Crippen molar-refractivity contribution in [2.45, 2.75) is 135 Å². The predicted molar refractivity (Wildman–Crippen MR) is 184 cm³/mol. The van der Waals surface area contributed by atoms with E-state index in [1.165, 1.54) is 31.3 Å². The summed E-state index contributed by atoms with van der Waals surface area (Å²) < 4.78 is 5.09. The molecule has 0 radical (unpaired) electrons. The Morgan fingerprint density at radius 1 is 0.822 bits per heavy atom. The number of carbonyl (C=O) groups is 2. The van der Waals surface area contributed by atoms with Gasteiger partial charge in [-0.2, -0.15) is 9.59 Å². The highest BCUT2D eigenvalue weighted by Gasteiger charge is 2.51. The lowest BCUT2D eigenvalue weighted by atomic mass is 9.49. The third kappa shape index (κ3) is 9.16. The molecule has 6 aliphatic carbocycles. The lowest BCUT2D eigenvalue weighted by molar-refractivity contribution is -0.191. The molecular weight excluding hydrogens is 560 g/mol. The Labute approximate surface area is 276 Å². The van der Waals surface area contributed by atoms with E-state index in [2.05, 4.69) is 88.8 Å². The third-order valence-electron chi connectivity index (χ3n) is 13.4. The van der Waals surface area contributed by atoms with Crippen LogP contribution in [-0.2, 0) is 23.9 Å². The molecule has 2 bridgehead atoms. The van der Waals surface area contributed by atoms with Crippen molar-refractivity contribution in [1.29, 1.82) is 0 Å². The number of hydrogen-bond acceptors (Lipinski definition) is 5. The minimum absolute atomic E-state index is 0.250. The Hall–Kier alpha value is -1.84. The van der Waals surface area contributed by atoms with Crippen LogP contribution in [0.2, 0.25) is 0 Å². The molecule has 0 amide bonds. The summed E-state index contributed by atoms with van der Waals surface area (Å²) in [4.78, 5) is 38.5. The van der Waals surface area contributed by atoms with Gasteiger partial charge in [0.05, 0.1) is 6.61 Å². The quantitative estimate of drug-likeness (QED) is 0.274. The summed E-state index contributed by atoms with van der Waals surface area (Å²) >= 11 is 0. The molecule has 4 saturated carbocycles. The van der Waals surface area contributed by atoms with Gasteiger partial charge < -0.3 is 4.74 Å². The lowest BCUT2D eigenvalue weighted by Gasteiger charge is -2.56. The molecule has 5 nitrogen and oxygen atoms in total. The van der Waals surface area contributed by atoms with Gasteiger partial charge in [-0.25, -0.2) is 0 Å². The Morgan fingerprint density at radius 3 is 1.44 bits per heavy atom. The van der Waals surface area contributed by atoms with Crippen molar-refractivity contribution in [2.75, 3.05) is 13.7 Å². The first-order valence-corrected chi connectivity index (χ1v) is 17.5. The van der Waals surface area contributed by atoms with Gasteiger partial charge >= 0.3 is 6.15 Å². The van der Waals surface area contributed by atoms with Gasteiger partial charge in [0.25, 0.3) is 0 Å². The zero-order chi connectivity index (χ0) is 35.1. The standard InChI is InChI=1S/2C10H18O.C10H16.C9H16O.CO2/c2*1-5-8-6-9(7(2)11)10(8,3)4;1-7-4-5-8-6-9(7)10(8,2)3;1-7-5-8(6-10-4)9(7,2)3;2-1-3/h2*8-9H,5-6H2,1-4H3;4,8-9H,5-6H2,1-3H3;8H,1,5-6H2,2-4H3;/t3*8-,9-;8-;/m1110./s1. The van der Waals surface area contributed by atoms with Crippen LogP contribution in [0.15, 0.2) is 23.8 Å². The summed E-state index contributed by atoms with van der Waals surface area (Å²) in [5, 5.41) is 0. The second-order valence-electron chi connectivity index (χ2n) is 16.9. The normalized spacial score (nSPS) is 33.1. The van der Waals surface area contributed by atoms with E-state index in [4.69, 9.17) is 14.3 Å². The molecule has 258 valence electrons. The fraction of sp³-hybridized carbons (Fsp3) is 0.825. The van der Waals surface area contributed by atoms with Crippen molar-refractivity contribution in [3.05, 3.63) is 23.8 Å². The summed E-state index contributed by atoms with van der Waals surface area (Å²) in [6.07, 6.45) is 11.3. The largest absolute Gasteiger partial charge is 0.384 e. The van der Waals surface area contributed by atoms with Crippen LogP contribution in [0.25, 0.3) is 0 Å². The van der Waals surface area contributed by atoms with Crippen LogP contribution in [0.5, 0.6) is 0 Å². The molecule has 0 aliphatic heterocycles. The van der Waals surface area contributed by atoms with Gasteiger partial charge in [0, 0.05) is 18.9 Å². The number of fused-ring (bicyclic) bond motifs is 1. The van der Waals surface area contributed by atoms with Crippen molar-refractivity contribution in [3.8, 4) is 0 Å². The van der Waals surface area contributed by atoms with Gasteiger partial charge in [-0.15, -0.1) is 0 Å². The molecule has 45 heavy (non-hydrogen) atoms. The zero-order valence-corrected chi connectivity index (χ0v) is 31.5. The van der Waals surface area contributed by atoms with E-state index in [1.807, 2.05) is 0 Å². The predicted octanol–water partition coefficient (Wildman–Crippen LogP) is 9.95. The highest BCUT2D eigenvalue weighted by molar-refractivity contribution is 5.80. The maximum atomic E-state index is 11.1. The maximum Gasteiger partial charge on any atom is 0.373 e. The van der Waals surface area contributed by atoms with Crippen LogP contribution in [-0.4, -0.2) is 31.4 Å². The van der Waals surface area contributed by atoms with Crippen molar-refractivity contribution < 1.29 is 23.9 Å². The van der Waals surface area contributed by atoms with Crippen LogP contribution in [0, 0.1) is 63.1 Å². The smallest absolute Gasteiger partial charge is 0.373 e. The van der Waals surface area contributed by atoms with Crippen LogP contribution in [0.4, 0.5) is 0 Å². The van der Waals surface area contributed by atoms with Gasteiger partial charge in [-0.3, -0.25) is 9.59 Å². The molecule has 6 rings (SSSR count). The molecule has 5 heteroatoms. The first-order valence-electron chi connectivity index (χ1n) is 17.5. The number of methoxy groups -OCH3 is 1. The van der Waals surface area contributed by atoms with Crippen LogP contribution >= 0.6 is 0 Å². The van der Waals surface area contributed by atoms with Gasteiger partial charge in [-0.05, 0) is 104 Å². The van der Waals surface area contributed by atoms with Crippen molar-refractivity contribution in [1.82, 2.24) is 0 Å². The average Bonchev–Trinajstić information content (AvgIpc) is 2.93. The van der Waals surface area contributed by atoms with Crippen LogP contribution < -0.4 is 0 Å². The van der Waals surface area contributed by atoms with Gasteiger partial charge in [-0.1, -0.05) is 106 Å². The number of ketones is 2. The van der Waals surface area contributed by atoms with E-state index in [9.17, 15) is 9.59 Å². The zero-order valence-electron chi connectivity index (χ0n) is 31.5. The van der Waals surface area contributed by atoms with E-state index in [0.717, 1.165) is 49.5 Å². The van der Waals surface area contributed by atoms with Gasteiger partial charge in [0.1, 0.15) is 11.6 Å². The average molecular weight is 629 g/mol. The van der Waals surface area contributed by atoms with E-state index < -0.39 is 0 Å². The molecule has 0 unspecified atom stereocenters. The van der Waals surface area contributed by atoms with Crippen molar-refractivity contribution >= 4 is 17.7 Å². The number of ether oxygens (including phenoxy) is 1. The molecule has 0 heterocycles. The number of rotatable bonds is 6. The molecular formula is C40H68O5. The Morgan fingerprint density at radius 2 is 1.24 bits per heavy atom.